The normalized spacial score (nSPS) is 13.6. The average molecular weight is 387 g/mol. The van der Waals surface area contributed by atoms with Gasteiger partial charge in [-0.1, -0.05) is 12.1 Å². The van der Waals surface area contributed by atoms with Crippen molar-refractivity contribution in [1.29, 1.82) is 0 Å². The van der Waals surface area contributed by atoms with Gasteiger partial charge >= 0.3 is 0 Å². The minimum absolute atomic E-state index is 0.0845. The summed E-state index contributed by atoms with van der Waals surface area (Å²) in [6.07, 6.45) is 0.310. The number of carbonyl (C=O) groups excluding carboxylic acids is 2. The van der Waals surface area contributed by atoms with E-state index < -0.39 is 23.1 Å². The largest absolute Gasteiger partial charge is 0.502 e. The fraction of sp³-hybridized carbons (Fsp3) is 0.350. The van der Waals surface area contributed by atoms with Crippen molar-refractivity contribution in [2.75, 3.05) is 6.54 Å². The molecule has 1 aliphatic rings. The number of nitrogens with zero attached hydrogens (tertiary/aromatic N) is 2. The Morgan fingerprint density at radius 3 is 2.50 bits per heavy atom. The van der Waals surface area contributed by atoms with E-state index in [1.807, 2.05) is 0 Å². The Bertz CT molecular complexity index is 996. The van der Waals surface area contributed by atoms with Crippen LogP contribution in [0.4, 0.5) is 4.39 Å². The summed E-state index contributed by atoms with van der Waals surface area (Å²) in [7, 11) is 1.40. The lowest BCUT2D eigenvalue weighted by Gasteiger charge is -2.30. The Hall–Kier alpha value is -3.16. The molecule has 0 bridgehead atoms. The number of aromatic nitrogens is 1. The number of pyridine rings is 1. The molecular weight excluding hydrogens is 365 g/mol. The van der Waals surface area contributed by atoms with Crippen LogP contribution >= 0.6 is 0 Å². The predicted octanol–water partition coefficient (Wildman–Crippen LogP) is 1.57. The van der Waals surface area contributed by atoms with E-state index in [9.17, 15) is 23.9 Å². The number of aromatic hydroxyl groups is 1. The molecule has 0 spiro atoms. The summed E-state index contributed by atoms with van der Waals surface area (Å²) in [6, 6.07) is 5.60. The highest BCUT2D eigenvalue weighted by atomic mass is 19.1. The van der Waals surface area contributed by atoms with E-state index in [1.165, 1.54) is 24.1 Å². The number of hydrogen-bond acceptors (Lipinski definition) is 4. The zero-order chi connectivity index (χ0) is 20.6. The Morgan fingerprint density at radius 2 is 1.89 bits per heavy atom. The quantitative estimate of drug-likeness (QED) is 0.833. The third-order valence-corrected chi connectivity index (χ3v) is 4.72. The maximum Gasteiger partial charge on any atom is 0.293 e. The lowest BCUT2D eigenvalue weighted by atomic mass is 9.95. The summed E-state index contributed by atoms with van der Waals surface area (Å²) in [4.78, 5) is 39.5. The van der Waals surface area contributed by atoms with Crippen molar-refractivity contribution < 1.29 is 19.1 Å². The van der Waals surface area contributed by atoms with Crippen LogP contribution < -0.4 is 10.9 Å². The van der Waals surface area contributed by atoms with Gasteiger partial charge in [0, 0.05) is 31.7 Å². The molecule has 2 aromatic rings. The summed E-state index contributed by atoms with van der Waals surface area (Å²) in [5, 5.41) is 13.1. The first-order chi connectivity index (χ1) is 13.2. The van der Waals surface area contributed by atoms with E-state index in [2.05, 4.69) is 5.32 Å². The molecule has 2 amide bonds. The van der Waals surface area contributed by atoms with Crippen molar-refractivity contribution in [3.05, 3.63) is 62.8 Å². The number of hydrogen-bond donors (Lipinski definition) is 2. The van der Waals surface area contributed by atoms with Gasteiger partial charge in [-0.2, -0.15) is 0 Å². The molecule has 0 saturated carbocycles. The molecule has 1 aromatic heterocycles. The summed E-state index contributed by atoms with van der Waals surface area (Å²) < 4.78 is 14.2. The van der Waals surface area contributed by atoms with Gasteiger partial charge in [-0.25, -0.2) is 4.39 Å². The van der Waals surface area contributed by atoms with E-state index in [0.717, 1.165) is 10.1 Å². The zero-order valence-corrected chi connectivity index (χ0v) is 16.0. The summed E-state index contributed by atoms with van der Waals surface area (Å²) in [5.41, 5.74) is 0.230. The van der Waals surface area contributed by atoms with Crippen LogP contribution in [0.3, 0.4) is 0 Å². The first-order valence-corrected chi connectivity index (χ1v) is 9.00. The van der Waals surface area contributed by atoms with Gasteiger partial charge in [0.05, 0.1) is 5.56 Å². The van der Waals surface area contributed by atoms with E-state index in [0.29, 0.717) is 18.5 Å². The molecule has 0 aliphatic carbocycles. The maximum absolute atomic E-state index is 13.1. The standard InChI is InChI=1S/C20H22FN3O4/c1-11(2)22-18(26)16-14-8-9-24(10-12-4-6-13(21)7-5-12)19(27)15(14)17(25)20(28)23(16)3/h4-7,11,25H,8-10H2,1-3H3,(H,22,26). The number of nitrogens with one attached hydrogen (secondary N) is 1. The van der Waals surface area contributed by atoms with Crippen LogP contribution in [-0.4, -0.2) is 39.0 Å². The highest BCUT2D eigenvalue weighted by molar-refractivity contribution is 6.03. The predicted molar refractivity (Wildman–Crippen MR) is 101 cm³/mol. The van der Waals surface area contributed by atoms with Gasteiger partial charge in [0.15, 0.2) is 5.75 Å². The second kappa shape index (κ2) is 7.46. The van der Waals surface area contributed by atoms with Crippen molar-refractivity contribution in [2.45, 2.75) is 32.9 Å². The lowest BCUT2D eigenvalue weighted by Crippen LogP contribution is -2.43. The summed E-state index contributed by atoms with van der Waals surface area (Å²) in [5.74, 6) is -2.03. The first kappa shape index (κ1) is 19.6. The third kappa shape index (κ3) is 3.49. The summed E-state index contributed by atoms with van der Waals surface area (Å²) >= 11 is 0. The van der Waals surface area contributed by atoms with E-state index in [-0.39, 0.29) is 29.7 Å². The second-order valence-corrected chi connectivity index (χ2v) is 7.15. The molecule has 2 heterocycles. The number of carbonyl (C=O) groups is 2. The zero-order valence-electron chi connectivity index (χ0n) is 16.0. The Labute approximate surface area is 161 Å². The van der Waals surface area contributed by atoms with Crippen molar-refractivity contribution in [3.8, 4) is 5.75 Å². The molecule has 0 fully saturated rings. The molecule has 0 atom stereocenters. The van der Waals surface area contributed by atoms with Gasteiger partial charge in [0.1, 0.15) is 11.5 Å². The van der Waals surface area contributed by atoms with Gasteiger partial charge in [0.25, 0.3) is 17.4 Å². The Morgan fingerprint density at radius 1 is 1.25 bits per heavy atom. The van der Waals surface area contributed by atoms with Crippen LogP contribution in [0.15, 0.2) is 29.1 Å². The van der Waals surface area contributed by atoms with Crippen LogP contribution in [0.25, 0.3) is 0 Å². The molecule has 2 N–H and O–H groups in total. The van der Waals surface area contributed by atoms with Gasteiger partial charge in [-0.15, -0.1) is 0 Å². The maximum atomic E-state index is 13.1. The molecule has 8 heteroatoms. The number of amides is 2. The molecule has 7 nitrogen and oxygen atoms in total. The van der Waals surface area contributed by atoms with Crippen molar-refractivity contribution >= 4 is 11.8 Å². The molecule has 1 aliphatic heterocycles. The highest BCUT2D eigenvalue weighted by Gasteiger charge is 2.34. The van der Waals surface area contributed by atoms with Crippen molar-refractivity contribution in [1.82, 2.24) is 14.8 Å². The fourth-order valence-corrected chi connectivity index (χ4v) is 3.39. The Balaban J connectivity index is 2.02. The SMILES string of the molecule is CC(C)NC(=O)c1c2c(c(O)c(=O)n1C)C(=O)N(Cc1ccc(F)cc1)CC2. The van der Waals surface area contributed by atoms with Gasteiger partial charge in [0.2, 0.25) is 0 Å². The lowest BCUT2D eigenvalue weighted by molar-refractivity contribution is 0.0721. The number of benzene rings is 1. The van der Waals surface area contributed by atoms with E-state index >= 15 is 0 Å². The number of rotatable bonds is 4. The van der Waals surface area contributed by atoms with Gasteiger partial charge in [-0.05, 0) is 38.0 Å². The molecule has 148 valence electrons. The first-order valence-electron chi connectivity index (χ1n) is 9.00. The van der Waals surface area contributed by atoms with E-state index in [4.69, 9.17) is 0 Å². The smallest absolute Gasteiger partial charge is 0.293 e. The average Bonchev–Trinajstić information content (AvgIpc) is 2.63. The highest BCUT2D eigenvalue weighted by Crippen LogP contribution is 2.28. The van der Waals surface area contributed by atoms with Crippen LogP contribution in [-0.2, 0) is 20.0 Å². The minimum atomic E-state index is -0.801. The molecule has 28 heavy (non-hydrogen) atoms. The fourth-order valence-electron chi connectivity index (χ4n) is 3.39. The van der Waals surface area contributed by atoms with Crippen LogP contribution in [0, 0.1) is 5.82 Å². The topological polar surface area (TPSA) is 91.6 Å². The van der Waals surface area contributed by atoms with Gasteiger partial charge < -0.3 is 19.9 Å². The number of halogens is 1. The molecule has 1 aromatic carbocycles. The molecule has 0 unspecified atom stereocenters. The molecular formula is C20H22FN3O4. The number of fused-ring (bicyclic) bond motifs is 1. The molecule has 0 saturated heterocycles. The third-order valence-electron chi connectivity index (χ3n) is 4.72. The monoisotopic (exact) mass is 387 g/mol. The van der Waals surface area contributed by atoms with Crippen LogP contribution in [0.2, 0.25) is 0 Å². The van der Waals surface area contributed by atoms with Crippen molar-refractivity contribution in [3.63, 3.8) is 0 Å². The van der Waals surface area contributed by atoms with E-state index in [1.54, 1.807) is 26.0 Å². The summed E-state index contributed by atoms with van der Waals surface area (Å²) in [6.45, 7) is 4.10. The second-order valence-electron chi connectivity index (χ2n) is 7.15. The molecule has 3 rings (SSSR count). The van der Waals surface area contributed by atoms with Gasteiger partial charge in [-0.3, -0.25) is 14.4 Å². The van der Waals surface area contributed by atoms with Crippen LogP contribution in [0.1, 0.15) is 45.8 Å². The minimum Gasteiger partial charge on any atom is -0.502 e. The van der Waals surface area contributed by atoms with Crippen LogP contribution in [0.5, 0.6) is 5.75 Å². The molecule has 0 radical (unpaired) electrons. The van der Waals surface area contributed by atoms with Crippen molar-refractivity contribution in [2.24, 2.45) is 7.05 Å². The Kier molecular flexibility index (Phi) is 5.22.